The molecule has 2 heteroatoms. The van der Waals surface area contributed by atoms with Gasteiger partial charge in [0.2, 0.25) is 5.91 Å². The van der Waals surface area contributed by atoms with Crippen molar-refractivity contribution in [2.24, 2.45) is 0 Å². The number of para-hydroxylation sites is 1. The number of hydrogen-bond donors (Lipinski definition) is 0. The first-order chi connectivity index (χ1) is 10.8. The molecular formula is C20H23NO. The van der Waals surface area contributed by atoms with Gasteiger partial charge >= 0.3 is 0 Å². The molecule has 0 atom stereocenters. The Balaban J connectivity index is 0.000000847. The van der Waals surface area contributed by atoms with Gasteiger partial charge in [-0.3, -0.25) is 4.79 Å². The summed E-state index contributed by atoms with van der Waals surface area (Å²) >= 11 is 0. The standard InChI is InChI=1S/C18H17NO.C2H6/c1-2-18(20)19-13-16-9-4-3-7-14(16)11-12-15-8-5-6-10-17(15)19;1-2/h3-12H,2,13H2,1H3;1-2H3/b12-11-;. The minimum atomic E-state index is 0.155. The third kappa shape index (κ3) is 3.28. The van der Waals surface area contributed by atoms with E-state index in [1.165, 1.54) is 11.1 Å². The maximum absolute atomic E-state index is 12.3. The summed E-state index contributed by atoms with van der Waals surface area (Å²) in [6, 6.07) is 16.3. The molecule has 22 heavy (non-hydrogen) atoms. The van der Waals surface area contributed by atoms with Crippen LogP contribution in [-0.4, -0.2) is 5.91 Å². The first kappa shape index (κ1) is 16.0. The van der Waals surface area contributed by atoms with Crippen molar-refractivity contribution in [2.45, 2.75) is 33.7 Å². The molecule has 0 saturated heterocycles. The lowest BCUT2D eigenvalue weighted by atomic mass is 10.0. The number of carbonyl (C=O) groups excluding carboxylic acids is 1. The highest BCUT2D eigenvalue weighted by Crippen LogP contribution is 2.28. The van der Waals surface area contributed by atoms with Crippen LogP contribution in [0.5, 0.6) is 0 Å². The molecule has 0 saturated carbocycles. The maximum Gasteiger partial charge on any atom is 0.227 e. The van der Waals surface area contributed by atoms with Crippen LogP contribution in [0, 0.1) is 0 Å². The molecule has 0 radical (unpaired) electrons. The lowest BCUT2D eigenvalue weighted by molar-refractivity contribution is -0.118. The van der Waals surface area contributed by atoms with E-state index in [1.807, 2.05) is 56.0 Å². The van der Waals surface area contributed by atoms with Crippen molar-refractivity contribution in [3.05, 3.63) is 65.2 Å². The van der Waals surface area contributed by atoms with Gasteiger partial charge in [-0.25, -0.2) is 0 Å². The fourth-order valence-corrected chi connectivity index (χ4v) is 2.56. The van der Waals surface area contributed by atoms with E-state index in [1.54, 1.807) is 0 Å². The van der Waals surface area contributed by atoms with Crippen LogP contribution in [0.25, 0.3) is 12.2 Å². The van der Waals surface area contributed by atoms with Gasteiger partial charge in [-0.1, -0.05) is 75.4 Å². The van der Waals surface area contributed by atoms with E-state index >= 15 is 0 Å². The highest BCUT2D eigenvalue weighted by atomic mass is 16.2. The first-order valence-corrected chi connectivity index (χ1v) is 7.95. The Labute approximate surface area is 133 Å². The predicted octanol–water partition coefficient (Wildman–Crippen LogP) is 5.14. The third-order valence-corrected chi connectivity index (χ3v) is 3.66. The molecule has 2 aromatic rings. The highest BCUT2D eigenvalue weighted by Gasteiger charge is 2.19. The Bertz CT molecular complexity index is 673. The molecule has 3 rings (SSSR count). The zero-order valence-electron chi connectivity index (χ0n) is 13.5. The van der Waals surface area contributed by atoms with E-state index in [2.05, 4.69) is 30.4 Å². The van der Waals surface area contributed by atoms with Crippen LogP contribution in [0.1, 0.15) is 43.9 Å². The van der Waals surface area contributed by atoms with Crippen LogP contribution < -0.4 is 4.90 Å². The molecule has 2 nitrogen and oxygen atoms in total. The van der Waals surface area contributed by atoms with Gasteiger partial charge in [0.15, 0.2) is 0 Å². The number of amides is 1. The minimum absolute atomic E-state index is 0.155. The van der Waals surface area contributed by atoms with Crippen LogP contribution in [0.3, 0.4) is 0 Å². The highest BCUT2D eigenvalue weighted by molar-refractivity contribution is 5.96. The van der Waals surface area contributed by atoms with Crippen molar-refractivity contribution >= 4 is 23.7 Å². The number of hydrogen-bond acceptors (Lipinski definition) is 1. The first-order valence-electron chi connectivity index (χ1n) is 7.95. The van der Waals surface area contributed by atoms with Crippen molar-refractivity contribution in [2.75, 3.05) is 4.90 Å². The molecule has 1 heterocycles. The van der Waals surface area contributed by atoms with Gasteiger partial charge in [0.05, 0.1) is 12.2 Å². The summed E-state index contributed by atoms with van der Waals surface area (Å²) in [4.78, 5) is 14.2. The Morgan fingerprint density at radius 1 is 0.955 bits per heavy atom. The number of benzene rings is 2. The molecule has 0 spiro atoms. The molecule has 0 fully saturated rings. The number of fused-ring (bicyclic) bond motifs is 2. The molecule has 2 aromatic carbocycles. The second-order valence-corrected chi connectivity index (χ2v) is 4.92. The zero-order chi connectivity index (χ0) is 15.9. The molecule has 0 aromatic heterocycles. The predicted molar refractivity (Wildman–Crippen MR) is 94.6 cm³/mol. The smallest absolute Gasteiger partial charge is 0.227 e. The maximum atomic E-state index is 12.3. The topological polar surface area (TPSA) is 20.3 Å². The summed E-state index contributed by atoms with van der Waals surface area (Å²) in [7, 11) is 0. The normalized spacial score (nSPS) is 13.7. The zero-order valence-corrected chi connectivity index (χ0v) is 13.5. The Morgan fingerprint density at radius 3 is 2.27 bits per heavy atom. The molecule has 1 aliphatic rings. The van der Waals surface area contributed by atoms with Crippen LogP contribution >= 0.6 is 0 Å². The number of rotatable bonds is 1. The number of anilines is 1. The second kappa shape index (κ2) is 7.60. The summed E-state index contributed by atoms with van der Waals surface area (Å²) in [5, 5.41) is 0. The van der Waals surface area contributed by atoms with Crippen molar-refractivity contribution < 1.29 is 4.79 Å². The van der Waals surface area contributed by atoms with E-state index in [-0.39, 0.29) is 5.91 Å². The van der Waals surface area contributed by atoms with Gasteiger partial charge < -0.3 is 4.90 Å². The molecule has 0 unspecified atom stereocenters. The molecule has 0 aliphatic carbocycles. The summed E-state index contributed by atoms with van der Waals surface area (Å²) in [6.07, 6.45) is 4.73. The van der Waals surface area contributed by atoms with Crippen molar-refractivity contribution in [3.63, 3.8) is 0 Å². The van der Waals surface area contributed by atoms with E-state index < -0.39 is 0 Å². The fraction of sp³-hybridized carbons (Fsp3) is 0.250. The van der Waals surface area contributed by atoms with E-state index in [4.69, 9.17) is 0 Å². The second-order valence-electron chi connectivity index (χ2n) is 4.92. The van der Waals surface area contributed by atoms with Crippen LogP contribution in [0.15, 0.2) is 48.5 Å². The molecule has 1 amide bonds. The molecule has 0 N–H and O–H groups in total. The Hall–Kier alpha value is -2.35. The SMILES string of the molecule is CC.CCC(=O)N1Cc2ccccc2/C=C\c2ccccc21. The van der Waals surface area contributed by atoms with E-state index in [0.29, 0.717) is 13.0 Å². The Kier molecular flexibility index (Phi) is 5.54. The van der Waals surface area contributed by atoms with Crippen LogP contribution in [0.2, 0.25) is 0 Å². The van der Waals surface area contributed by atoms with Gasteiger partial charge in [0, 0.05) is 6.42 Å². The third-order valence-electron chi connectivity index (χ3n) is 3.66. The summed E-state index contributed by atoms with van der Waals surface area (Å²) in [5.74, 6) is 0.155. The quantitative estimate of drug-likeness (QED) is 0.713. The van der Waals surface area contributed by atoms with Gasteiger partial charge in [0.25, 0.3) is 0 Å². The monoisotopic (exact) mass is 293 g/mol. The molecule has 1 aliphatic heterocycles. The lowest BCUT2D eigenvalue weighted by Crippen LogP contribution is -2.30. The van der Waals surface area contributed by atoms with E-state index in [9.17, 15) is 4.79 Å². The average molecular weight is 293 g/mol. The average Bonchev–Trinajstić information content (AvgIpc) is 2.58. The minimum Gasteiger partial charge on any atom is -0.307 e. The largest absolute Gasteiger partial charge is 0.307 e. The van der Waals surface area contributed by atoms with Crippen molar-refractivity contribution in [1.29, 1.82) is 0 Å². The number of carbonyl (C=O) groups is 1. The van der Waals surface area contributed by atoms with Crippen LogP contribution in [-0.2, 0) is 11.3 Å². The summed E-state index contributed by atoms with van der Waals surface area (Å²) in [6.45, 7) is 6.54. The lowest BCUT2D eigenvalue weighted by Gasteiger charge is -2.26. The van der Waals surface area contributed by atoms with Gasteiger partial charge in [-0.15, -0.1) is 0 Å². The summed E-state index contributed by atoms with van der Waals surface area (Å²) in [5.41, 5.74) is 4.44. The molecular weight excluding hydrogens is 270 g/mol. The molecule has 0 bridgehead atoms. The van der Waals surface area contributed by atoms with E-state index in [0.717, 1.165) is 11.3 Å². The van der Waals surface area contributed by atoms with Gasteiger partial charge in [0.1, 0.15) is 0 Å². The fourth-order valence-electron chi connectivity index (χ4n) is 2.56. The van der Waals surface area contributed by atoms with Gasteiger partial charge in [-0.05, 0) is 22.8 Å². The van der Waals surface area contributed by atoms with Gasteiger partial charge in [-0.2, -0.15) is 0 Å². The van der Waals surface area contributed by atoms with Crippen molar-refractivity contribution in [3.8, 4) is 0 Å². The number of nitrogens with zero attached hydrogens (tertiary/aromatic N) is 1. The van der Waals surface area contributed by atoms with Crippen LogP contribution in [0.4, 0.5) is 5.69 Å². The van der Waals surface area contributed by atoms with Crippen molar-refractivity contribution in [1.82, 2.24) is 0 Å². The molecule has 114 valence electrons. The summed E-state index contributed by atoms with van der Waals surface area (Å²) < 4.78 is 0. The Morgan fingerprint density at radius 2 is 1.55 bits per heavy atom.